The number of hydrogen-bond acceptors (Lipinski definition) is 3. The van der Waals surface area contributed by atoms with Crippen LogP contribution in [-0.2, 0) is 14.0 Å². The molecule has 0 atom stereocenters. The van der Waals surface area contributed by atoms with Crippen LogP contribution in [0, 0.1) is 0 Å². The van der Waals surface area contributed by atoms with E-state index in [9.17, 15) is 0 Å². The molecule has 0 aliphatic carbocycles. The summed E-state index contributed by atoms with van der Waals surface area (Å²) in [5.74, 6) is 0. The molecule has 0 aromatic heterocycles. The molecule has 0 aromatic rings. The first-order valence-corrected chi connectivity index (χ1v) is 5.98. The molecule has 98 valence electrons. The van der Waals surface area contributed by atoms with Crippen LogP contribution in [0.15, 0.2) is 0 Å². The van der Waals surface area contributed by atoms with E-state index in [1.165, 1.54) is 0 Å². The van der Waals surface area contributed by atoms with Gasteiger partial charge in [0, 0.05) is 16.8 Å². The second-order valence-corrected chi connectivity index (χ2v) is 7.12. The van der Waals surface area contributed by atoms with Gasteiger partial charge in [-0.05, 0) is 62.3 Å². The van der Waals surface area contributed by atoms with Crippen molar-refractivity contribution in [1.82, 2.24) is 0 Å². The largest absolute Gasteiger partial charge is 1.00 e. The molecule has 3 nitrogen and oxygen atoms in total. The zero-order valence-corrected chi connectivity index (χ0v) is 16.6. The van der Waals surface area contributed by atoms with Crippen molar-refractivity contribution in [2.45, 2.75) is 79.1 Å². The maximum Gasteiger partial charge on any atom is 1.00 e. The van der Waals surface area contributed by atoms with E-state index in [0.29, 0.717) is 0 Å². The zero-order valence-electron chi connectivity index (χ0n) is 13.4. The van der Waals surface area contributed by atoms with Crippen molar-refractivity contribution in [3.8, 4) is 0 Å². The van der Waals surface area contributed by atoms with Crippen LogP contribution in [0.2, 0.25) is 0 Å². The van der Waals surface area contributed by atoms with Crippen molar-refractivity contribution in [2.24, 2.45) is 0 Å². The molecule has 0 saturated carbocycles. The zero-order chi connectivity index (χ0) is 13.2. The fourth-order valence-electron chi connectivity index (χ4n) is 1.15. The third-order valence-corrected chi connectivity index (χ3v) is 1.65. The minimum Gasteiger partial charge on any atom is -0.543 e. The fraction of sp³-hybridized carbons (Fsp3) is 1.00. The molecule has 0 fully saturated rings. The van der Waals surface area contributed by atoms with E-state index in [1.54, 1.807) is 0 Å². The third-order valence-electron chi connectivity index (χ3n) is 1.65. The third kappa shape index (κ3) is 15.5. The van der Waals surface area contributed by atoms with Crippen molar-refractivity contribution >= 4 is 7.32 Å². The Morgan fingerprint density at radius 3 is 0.824 bits per heavy atom. The van der Waals surface area contributed by atoms with E-state index in [-0.39, 0.29) is 68.2 Å². The number of hydrogen-bond donors (Lipinski definition) is 0. The molecule has 0 radical (unpaired) electrons. The maximum atomic E-state index is 5.83. The van der Waals surface area contributed by atoms with Gasteiger partial charge in [0.25, 0.3) is 0 Å². The summed E-state index contributed by atoms with van der Waals surface area (Å²) in [5.41, 5.74) is -0.760. The van der Waals surface area contributed by atoms with Crippen LogP contribution in [0.5, 0.6) is 0 Å². The Balaban J connectivity index is 0. The predicted octanol–water partition coefficient (Wildman–Crippen LogP) is 0.153. The first kappa shape index (κ1) is 20.9. The summed E-state index contributed by atoms with van der Waals surface area (Å²) in [6, 6.07) is 0. The average molecular weight is 270 g/mol. The Morgan fingerprint density at radius 1 is 0.529 bits per heavy atom. The molecule has 0 amide bonds. The maximum absolute atomic E-state index is 5.83. The van der Waals surface area contributed by atoms with Crippen LogP contribution in [-0.4, -0.2) is 24.1 Å². The Labute approximate surface area is 150 Å². The standard InChI is InChI=1S/C12H28BO3.K/c1-10(2,3)14-13(15-11(4,5)6)16-12(7,8)9;/h13H,1-9H3;/q-1;+1. The summed E-state index contributed by atoms with van der Waals surface area (Å²) >= 11 is 0. The van der Waals surface area contributed by atoms with Crippen molar-refractivity contribution in [1.29, 1.82) is 0 Å². The Kier molecular flexibility index (Phi) is 9.08. The quantitative estimate of drug-likeness (QED) is 0.683. The van der Waals surface area contributed by atoms with E-state index >= 15 is 0 Å². The van der Waals surface area contributed by atoms with E-state index in [2.05, 4.69) is 0 Å². The minimum atomic E-state index is -1.52. The van der Waals surface area contributed by atoms with Crippen LogP contribution in [0.25, 0.3) is 0 Å². The summed E-state index contributed by atoms with van der Waals surface area (Å²) < 4.78 is 17.5. The van der Waals surface area contributed by atoms with Crippen LogP contribution in [0.3, 0.4) is 0 Å². The molecule has 0 N–H and O–H groups in total. The van der Waals surface area contributed by atoms with Gasteiger partial charge in [0.15, 0.2) is 0 Å². The molecular formula is C12H28BKO3. The summed E-state index contributed by atoms with van der Waals surface area (Å²) in [5, 5.41) is 0. The average Bonchev–Trinajstić information content (AvgIpc) is 1.70. The van der Waals surface area contributed by atoms with E-state index in [0.717, 1.165) is 0 Å². The smallest absolute Gasteiger partial charge is 0.543 e. The molecule has 17 heavy (non-hydrogen) atoms. The van der Waals surface area contributed by atoms with Gasteiger partial charge in [-0.3, -0.25) is 0 Å². The second-order valence-electron chi connectivity index (χ2n) is 7.12. The predicted molar refractivity (Wildman–Crippen MR) is 69.7 cm³/mol. The molecule has 0 spiro atoms. The van der Waals surface area contributed by atoms with Gasteiger partial charge in [0.1, 0.15) is 0 Å². The molecule has 0 unspecified atom stereocenters. The Bertz CT molecular complexity index is 175. The molecule has 0 bridgehead atoms. The van der Waals surface area contributed by atoms with Gasteiger partial charge in [-0.25, -0.2) is 0 Å². The number of rotatable bonds is 3. The van der Waals surface area contributed by atoms with Gasteiger partial charge in [0.05, 0.1) is 0 Å². The van der Waals surface area contributed by atoms with Crippen molar-refractivity contribution in [3.05, 3.63) is 0 Å². The summed E-state index contributed by atoms with van der Waals surface area (Å²) in [6.07, 6.45) is 0. The minimum absolute atomic E-state index is 0. The SMILES string of the molecule is CC(C)(C)O[BH-](OC(C)(C)C)OC(C)(C)C.[K+]. The van der Waals surface area contributed by atoms with E-state index in [4.69, 9.17) is 14.0 Å². The van der Waals surface area contributed by atoms with Crippen LogP contribution < -0.4 is 51.4 Å². The summed E-state index contributed by atoms with van der Waals surface area (Å²) in [7, 11) is -1.52. The van der Waals surface area contributed by atoms with Crippen LogP contribution in [0.1, 0.15) is 62.3 Å². The molecule has 5 heteroatoms. The molecular weight excluding hydrogens is 242 g/mol. The molecule has 0 aliphatic rings. The van der Waals surface area contributed by atoms with E-state index in [1.807, 2.05) is 62.3 Å². The van der Waals surface area contributed by atoms with Crippen molar-refractivity contribution in [3.63, 3.8) is 0 Å². The molecule has 0 rings (SSSR count). The Morgan fingerprint density at radius 2 is 0.706 bits per heavy atom. The first-order chi connectivity index (χ1) is 6.79. The van der Waals surface area contributed by atoms with Gasteiger partial charge in [-0.2, -0.15) is 0 Å². The van der Waals surface area contributed by atoms with Gasteiger partial charge >= 0.3 is 58.7 Å². The fourth-order valence-corrected chi connectivity index (χ4v) is 1.15. The van der Waals surface area contributed by atoms with E-state index < -0.39 is 7.32 Å². The van der Waals surface area contributed by atoms with Crippen LogP contribution in [0.4, 0.5) is 0 Å². The monoisotopic (exact) mass is 270 g/mol. The van der Waals surface area contributed by atoms with Gasteiger partial charge in [-0.1, -0.05) is 0 Å². The van der Waals surface area contributed by atoms with Crippen LogP contribution >= 0.6 is 0 Å². The molecule has 0 heterocycles. The second kappa shape index (κ2) is 7.39. The normalized spacial score (nSPS) is 13.8. The molecule has 0 aromatic carbocycles. The van der Waals surface area contributed by atoms with Crippen molar-refractivity contribution in [2.75, 3.05) is 0 Å². The summed E-state index contributed by atoms with van der Waals surface area (Å²) in [4.78, 5) is 0. The van der Waals surface area contributed by atoms with Gasteiger partial charge in [0.2, 0.25) is 0 Å². The molecule has 0 saturated heterocycles. The Hall–Kier alpha value is 1.58. The molecule has 0 aliphatic heterocycles. The van der Waals surface area contributed by atoms with Gasteiger partial charge in [-0.15, -0.1) is 0 Å². The summed E-state index contributed by atoms with van der Waals surface area (Å²) in [6.45, 7) is 18.0. The first-order valence-electron chi connectivity index (χ1n) is 5.98. The van der Waals surface area contributed by atoms with Gasteiger partial charge < -0.3 is 14.0 Å². The van der Waals surface area contributed by atoms with Crippen molar-refractivity contribution < 1.29 is 65.3 Å². The topological polar surface area (TPSA) is 27.7 Å².